The van der Waals surface area contributed by atoms with Crippen LogP contribution in [0, 0.1) is 19.3 Å². The first-order valence-corrected chi connectivity index (χ1v) is 8.01. The van der Waals surface area contributed by atoms with Gasteiger partial charge in [-0.2, -0.15) is 0 Å². The molecule has 1 aliphatic heterocycles. The Bertz CT molecular complexity index is 574. The minimum Gasteiger partial charge on any atom is -0.368 e. The molecule has 6 heteroatoms. The number of terminal acetylenes is 1. The lowest BCUT2D eigenvalue weighted by Crippen LogP contribution is -2.52. The minimum absolute atomic E-state index is 0. The van der Waals surface area contributed by atoms with Crippen molar-refractivity contribution in [3.05, 3.63) is 28.8 Å². The lowest BCUT2D eigenvalue weighted by Gasteiger charge is -2.38. The van der Waals surface area contributed by atoms with Gasteiger partial charge in [0.2, 0.25) is 0 Å². The van der Waals surface area contributed by atoms with Gasteiger partial charge in [-0.05, 0) is 31.5 Å². The summed E-state index contributed by atoms with van der Waals surface area (Å²) in [6, 6.07) is 6.05. The van der Waals surface area contributed by atoms with Gasteiger partial charge in [0.05, 0.1) is 0 Å². The van der Waals surface area contributed by atoms with E-state index in [9.17, 15) is 0 Å². The standard InChI is InChI=1S/C17H23ClN4.HI/c1-4-8-20-17(19-5-2)22-11-9-21(10-12-22)16-13-15(18)7-6-14(16)3;/h1,6-7,13H,5,8-12H2,2-3H3,(H,19,20);1H. The lowest BCUT2D eigenvalue weighted by molar-refractivity contribution is 0.373. The molecule has 1 heterocycles. The average Bonchev–Trinajstić information content (AvgIpc) is 2.54. The number of halogens is 2. The summed E-state index contributed by atoms with van der Waals surface area (Å²) >= 11 is 6.13. The van der Waals surface area contributed by atoms with E-state index in [0.717, 1.165) is 43.7 Å². The molecule has 0 radical (unpaired) electrons. The van der Waals surface area contributed by atoms with Crippen molar-refractivity contribution in [3.8, 4) is 12.3 Å². The number of piperazine rings is 1. The zero-order valence-corrected chi connectivity index (χ0v) is 16.8. The molecule has 1 aliphatic rings. The Hall–Kier alpha value is -1.13. The highest BCUT2D eigenvalue weighted by Crippen LogP contribution is 2.25. The Morgan fingerprint density at radius 2 is 2.04 bits per heavy atom. The van der Waals surface area contributed by atoms with Crippen molar-refractivity contribution in [1.29, 1.82) is 0 Å². The van der Waals surface area contributed by atoms with E-state index in [1.54, 1.807) is 0 Å². The minimum atomic E-state index is 0. The third-order valence-corrected chi connectivity index (χ3v) is 3.98. The molecule has 126 valence electrons. The van der Waals surface area contributed by atoms with Crippen LogP contribution >= 0.6 is 35.6 Å². The van der Waals surface area contributed by atoms with Crippen LogP contribution in [0.15, 0.2) is 23.2 Å². The number of aryl methyl sites for hydroxylation is 1. The highest BCUT2D eigenvalue weighted by atomic mass is 127. The predicted molar refractivity (Wildman–Crippen MR) is 110 cm³/mol. The van der Waals surface area contributed by atoms with E-state index in [-0.39, 0.29) is 24.0 Å². The molecule has 2 rings (SSSR count). The van der Waals surface area contributed by atoms with Gasteiger partial charge in [0.1, 0.15) is 6.54 Å². The second kappa shape index (κ2) is 9.89. The first kappa shape index (κ1) is 19.9. The van der Waals surface area contributed by atoms with Crippen molar-refractivity contribution in [2.45, 2.75) is 13.8 Å². The van der Waals surface area contributed by atoms with Crippen LogP contribution in [0.25, 0.3) is 0 Å². The fourth-order valence-corrected chi connectivity index (χ4v) is 2.80. The van der Waals surface area contributed by atoms with E-state index < -0.39 is 0 Å². The van der Waals surface area contributed by atoms with E-state index in [0.29, 0.717) is 6.54 Å². The van der Waals surface area contributed by atoms with Gasteiger partial charge < -0.3 is 15.1 Å². The second-order valence-corrected chi connectivity index (χ2v) is 5.72. The second-order valence-electron chi connectivity index (χ2n) is 5.28. The maximum absolute atomic E-state index is 6.13. The Kier molecular flexibility index (Phi) is 8.56. The Balaban J connectivity index is 0.00000264. The van der Waals surface area contributed by atoms with Crippen molar-refractivity contribution in [3.63, 3.8) is 0 Å². The number of hydrogen-bond donors (Lipinski definition) is 1. The number of anilines is 1. The molecule has 0 amide bonds. The Morgan fingerprint density at radius 1 is 1.35 bits per heavy atom. The van der Waals surface area contributed by atoms with Crippen molar-refractivity contribution in [2.24, 2.45) is 4.99 Å². The van der Waals surface area contributed by atoms with Gasteiger partial charge in [0.25, 0.3) is 0 Å². The summed E-state index contributed by atoms with van der Waals surface area (Å²) in [4.78, 5) is 9.08. The average molecular weight is 447 g/mol. The van der Waals surface area contributed by atoms with Crippen LogP contribution in [0.4, 0.5) is 5.69 Å². The van der Waals surface area contributed by atoms with Gasteiger partial charge >= 0.3 is 0 Å². The Labute approximate surface area is 161 Å². The molecule has 0 aliphatic carbocycles. The third kappa shape index (κ3) is 5.47. The molecule has 0 bridgehead atoms. The van der Waals surface area contributed by atoms with E-state index in [1.165, 1.54) is 11.3 Å². The molecule has 4 nitrogen and oxygen atoms in total. The van der Waals surface area contributed by atoms with Crippen LogP contribution in [0.1, 0.15) is 12.5 Å². The summed E-state index contributed by atoms with van der Waals surface area (Å²) in [6.07, 6.45) is 5.31. The van der Waals surface area contributed by atoms with Gasteiger partial charge in [-0.3, -0.25) is 0 Å². The van der Waals surface area contributed by atoms with Gasteiger partial charge in [0.15, 0.2) is 5.96 Å². The quantitative estimate of drug-likeness (QED) is 0.335. The SMILES string of the molecule is C#CCN=C(NCC)N1CCN(c2cc(Cl)ccc2C)CC1.I. The first-order valence-electron chi connectivity index (χ1n) is 7.63. The van der Waals surface area contributed by atoms with Crippen molar-refractivity contribution in [1.82, 2.24) is 10.2 Å². The van der Waals surface area contributed by atoms with Crippen LogP contribution < -0.4 is 10.2 Å². The summed E-state index contributed by atoms with van der Waals surface area (Å²) in [5.41, 5.74) is 2.48. The molecular formula is C17H24ClIN4. The maximum atomic E-state index is 6.13. The molecule has 1 saturated heterocycles. The lowest BCUT2D eigenvalue weighted by atomic mass is 10.1. The van der Waals surface area contributed by atoms with Crippen molar-refractivity contribution < 1.29 is 0 Å². The monoisotopic (exact) mass is 446 g/mol. The number of nitrogens with one attached hydrogen (secondary N) is 1. The summed E-state index contributed by atoms with van der Waals surface area (Å²) in [5, 5.41) is 4.09. The van der Waals surface area contributed by atoms with Crippen LogP contribution in [-0.4, -0.2) is 50.1 Å². The number of rotatable bonds is 3. The maximum Gasteiger partial charge on any atom is 0.195 e. The van der Waals surface area contributed by atoms with E-state index in [2.05, 4.69) is 45.9 Å². The summed E-state index contributed by atoms with van der Waals surface area (Å²) in [7, 11) is 0. The summed E-state index contributed by atoms with van der Waals surface area (Å²) in [6.45, 7) is 9.18. The molecule has 0 atom stereocenters. The third-order valence-electron chi connectivity index (χ3n) is 3.75. The van der Waals surface area contributed by atoms with Gasteiger partial charge in [0, 0.05) is 43.4 Å². The molecule has 0 unspecified atom stereocenters. The van der Waals surface area contributed by atoms with E-state index in [1.807, 2.05) is 12.1 Å². The zero-order chi connectivity index (χ0) is 15.9. The zero-order valence-electron chi connectivity index (χ0n) is 13.7. The van der Waals surface area contributed by atoms with Crippen LogP contribution in [0.5, 0.6) is 0 Å². The topological polar surface area (TPSA) is 30.9 Å². The first-order chi connectivity index (χ1) is 10.7. The van der Waals surface area contributed by atoms with Crippen LogP contribution in [-0.2, 0) is 0 Å². The van der Waals surface area contributed by atoms with Crippen molar-refractivity contribution >= 4 is 47.2 Å². The number of aliphatic imine (C=N–C) groups is 1. The molecule has 1 aromatic carbocycles. The number of hydrogen-bond acceptors (Lipinski definition) is 2. The number of nitrogens with zero attached hydrogens (tertiary/aromatic N) is 3. The molecule has 23 heavy (non-hydrogen) atoms. The number of benzene rings is 1. The molecule has 1 aromatic rings. The number of guanidine groups is 1. The molecule has 0 spiro atoms. The normalized spacial score (nSPS) is 15.0. The largest absolute Gasteiger partial charge is 0.368 e. The molecular weight excluding hydrogens is 423 g/mol. The van der Waals surface area contributed by atoms with Gasteiger partial charge in [-0.1, -0.05) is 23.6 Å². The van der Waals surface area contributed by atoms with Crippen LogP contribution in [0.2, 0.25) is 5.02 Å². The van der Waals surface area contributed by atoms with Gasteiger partial charge in [-0.15, -0.1) is 30.4 Å². The predicted octanol–water partition coefficient (Wildman–Crippen LogP) is 2.99. The highest BCUT2D eigenvalue weighted by Gasteiger charge is 2.20. The van der Waals surface area contributed by atoms with Gasteiger partial charge in [-0.25, -0.2) is 4.99 Å². The van der Waals surface area contributed by atoms with Crippen LogP contribution in [0.3, 0.4) is 0 Å². The molecule has 0 aromatic heterocycles. The van der Waals surface area contributed by atoms with Crippen molar-refractivity contribution in [2.75, 3.05) is 44.2 Å². The highest BCUT2D eigenvalue weighted by molar-refractivity contribution is 14.0. The summed E-state index contributed by atoms with van der Waals surface area (Å²) in [5.74, 6) is 3.47. The smallest absolute Gasteiger partial charge is 0.195 e. The molecule has 0 saturated carbocycles. The summed E-state index contributed by atoms with van der Waals surface area (Å²) < 4.78 is 0. The van der Waals surface area contributed by atoms with E-state index >= 15 is 0 Å². The Morgan fingerprint density at radius 3 is 2.65 bits per heavy atom. The van der Waals surface area contributed by atoms with E-state index in [4.69, 9.17) is 18.0 Å². The fourth-order valence-electron chi connectivity index (χ4n) is 2.63. The molecule has 1 N–H and O–H groups in total. The fraction of sp³-hybridized carbons (Fsp3) is 0.471. The molecule has 1 fully saturated rings.